The number of anilines is 1. The maximum absolute atomic E-state index is 12.0. The van der Waals surface area contributed by atoms with E-state index in [1.807, 2.05) is 0 Å². The molecule has 2 aromatic heterocycles. The molecule has 27 heavy (non-hydrogen) atoms. The summed E-state index contributed by atoms with van der Waals surface area (Å²) in [4.78, 5) is 21.3. The van der Waals surface area contributed by atoms with Crippen molar-refractivity contribution in [2.75, 3.05) is 19.1 Å². The Balaban J connectivity index is 1.85. The molecule has 0 radical (unpaired) electrons. The van der Waals surface area contributed by atoms with Gasteiger partial charge in [0.2, 0.25) is 12.7 Å². The highest BCUT2D eigenvalue weighted by Gasteiger charge is 2.22. The summed E-state index contributed by atoms with van der Waals surface area (Å²) >= 11 is 1.13. The highest BCUT2D eigenvalue weighted by Crippen LogP contribution is 2.34. The van der Waals surface area contributed by atoms with E-state index >= 15 is 0 Å². The molecule has 138 valence electrons. The van der Waals surface area contributed by atoms with Crippen molar-refractivity contribution < 1.29 is 24.2 Å². The third kappa shape index (κ3) is 2.99. The fraction of sp³-hybridized carbons (Fsp3) is 0.176. The van der Waals surface area contributed by atoms with Crippen molar-refractivity contribution in [2.45, 2.75) is 6.92 Å². The van der Waals surface area contributed by atoms with E-state index in [9.17, 15) is 10.0 Å². The number of aromatic nitrogens is 2. The molecule has 0 saturated carbocycles. The summed E-state index contributed by atoms with van der Waals surface area (Å²) in [5.74, 6) is 0.667. The third-order valence-corrected chi connectivity index (χ3v) is 4.87. The van der Waals surface area contributed by atoms with Crippen LogP contribution in [-0.2, 0) is 4.74 Å². The summed E-state index contributed by atoms with van der Waals surface area (Å²) in [6.07, 6.45) is 0. The van der Waals surface area contributed by atoms with Crippen LogP contribution in [0, 0.1) is 0 Å². The number of carbonyl (C=O) groups is 1. The van der Waals surface area contributed by atoms with Gasteiger partial charge in [0.1, 0.15) is 21.1 Å². The minimum Gasteiger partial charge on any atom is -0.462 e. The zero-order valence-corrected chi connectivity index (χ0v) is 14.9. The molecule has 0 aliphatic carbocycles. The summed E-state index contributed by atoms with van der Waals surface area (Å²) in [7, 11) is 0. The predicted octanol–water partition coefficient (Wildman–Crippen LogP) is 2.41. The van der Waals surface area contributed by atoms with Crippen molar-refractivity contribution in [2.24, 2.45) is 5.16 Å². The molecule has 1 aliphatic rings. The Bertz CT molecular complexity index is 1080. The number of oxime groups is 1. The topological polar surface area (TPSA) is 129 Å². The van der Waals surface area contributed by atoms with Crippen molar-refractivity contribution in [1.29, 1.82) is 0 Å². The van der Waals surface area contributed by atoms with Gasteiger partial charge in [0.05, 0.1) is 6.61 Å². The summed E-state index contributed by atoms with van der Waals surface area (Å²) in [5, 5.41) is 13.6. The minimum atomic E-state index is -0.462. The molecule has 1 aromatic carbocycles. The number of thiophene rings is 1. The van der Waals surface area contributed by atoms with Gasteiger partial charge in [-0.1, -0.05) is 5.16 Å². The second kappa shape index (κ2) is 6.72. The molecular weight excluding hydrogens is 372 g/mol. The maximum Gasteiger partial charge on any atom is 0.348 e. The van der Waals surface area contributed by atoms with Gasteiger partial charge in [0.25, 0.3) is 0 Å². The number of rotatable bonds is 4. The van der Waals surface area contributed by atoms with Crippen LogP contribution in [0.25, 0.3) is 10.2 Å². The van der Waals surface area contributed by atoms with Crippen LogP contribution in [0.15, 0.2) is 29.4 Å². The van der Waals surface area contributed by atoms with Crippen molar-refractivity contribution in [3.8, 4) is 11.5 Å². The molecular formula is C17H14N4O5S. The van der Waals surface area contributed by atoms with Gasteiger partial charge in [-0.2, -0.15) is 0 Å². The summed E-state index contributed by atoms with van der Waals surface area (Å²) in [5.41, 5.74) is 6.83. The smallest absolute Gasteiger partial charge is 0.348 e. The fourth-order valence-electron chi connectivity index (χ4n) is 2.71. The first-order valence-corrected chi connectivity index (χ1v) is 8.79. The van der Waals surface area contributed by atoms with E-state index in [-0.39, 0.29) is 25.1 Å². The highest BCUT2D eigenvalue weighted by atomic mass is 32.1. The maximum atomic E-state index is 12.0. The molecule has 4 rings (SSSR count). The predicted molar refractivity (Wildman–Crippen MR) is 97.8 cm³/mol. The van der Waals surface area contributed by atoms with Crippen molar-refractivity contribution in [3.05, 3.63) is 40.4 Å². The lowest BCUT2D eigenvalue weighted by Crippen LogP contribution is -2.09. The molecule has 0 saturated heterocycles. The van der Waals surface area contributed by atoms with Crippen LogP contribution in [0.5, 0.6) is 11.5 Å². The van der Waals surface area contributed by atoms with Gasteiger partial charge in [-0.3, -0.25) is 0 Å². The fourth-order valence-corrected chi connectivity index (χ4v) is 3.64. The Kier molecular flexibility index (Phi) is 4.24. The quantitative estimate of drug-likeness (QED) is 0.303. The summed E-state index contributed by atoms with van der Waals surface area (Å²) in [6, 6.07) is 6.71. The molecule has 0 bridgehead atoms. The lowest BCUT2D eigenvalue weighted by atomic mass is 10.0. The van der Waals surface area contributed by atoms with E-state index in [0.717, 1.165) is 11.3 Å². The zero-order chi connectivity index (χ0) is 19.0. The summed E-state index contributed by atoms with van der Waals surface area (Å²) in [6.45, 7) is 2.11. The number of hydrogen-bond donors (Lipinski definition) is 2. The zero-order valence-electron chi connectivity index (χ0n) is 14.1. The van der Waals surface area contributed by atoms with Gasteiger partial charge in [-0.25, -0.2) is 14.8 Å². The number of hydrogen-bond acceptors (Lipinski definition) is 10. The van der Waals surface area contributed by atoms with Crippen molar-refractivity contribution >= 4 is 39.2 Å². The molecule has 0 amide bonds. The minimum absolute atomic E-state index is 0.00310. The normalized spacial score (nSPS) is 13.1. The molecule has 1 aliphatic heterocycles. The number of ether oxygens (including phenoxy) is 3. The van der Waals surface area contributed by atoms with Crippen molar-refractivity contribution in [3.63, 3.8) is 0 Å². The Hall–Kier alpha value is -3.40. The molecule has 0 fully saturated rings. The number of benzene rings is 1. The molecule has 3 N–H and O–H groups in total. The molecule has 3 aromatic rings. The largest absolute Gasteiger partial charge is 0.462 e. The third-order valence-electron chi connectivity index (χ3n) is 3.86. The Morgan fingerprint density at radius 2 is 2.15 bits per heavy atom. The van der Waals surface area contributed by atoms with Crippen molar-refractivity contribution in [1.82, 2.24) is 9.97 Å². The molecule has 9 nitrogen and oxygen atoms in total. The lowest BCUT2D eigenvalue weighted by molar-refractivity contribution is 0.0532. The van der Waals surface area contributed by atoms with Gasteiger partial charge in [0, 0.05) is 10.9 Å². The van der Waals surface area contributed by atoms with Gasteiger partial charge in [-0.15, -0.1) is 11.3 Å². The average molecular weight is 386 g/mol. The molecule has 10 heteroatoms. The average Bonchev–Trinajstić information content (AvgIpc) is 3.28. The SMILES string of the molecule is CCOC(=O)c1cc2c(C(=NO)c3ccc4c(c3)OCO4)nc(N)nc2s1. The first kappa shape index (κ1) is 17.0. The van der Waals surface area contributed by atoms with E-state index in [1.165, 1.54) is 0 Å². The van der Waals surface area contributed by atoms with Crippen LogP contribution in [0.3, 0.4) is 0 Å². The van der Waals surface area contributed by atoms with Crippen LogP contribution in [0.4, 0.5) is 5.95 Å². The number of fused-ring (bicyclic) bond motifs is 2. The van der Waals surface area contributed by atoms with E-state index < -0.39 is 5.97 Å². The number of esters is 1. The van der Waals surface area contributed by atoms with E-state index in [1.54, 1.807) is 31.2 Å². The summed E-state index contributed by atoms with van der Waals surface area (Å²) < 4.78 is 15.7. The monoisotopic (exact) mass is 386 g/mol. The Labute approximate surface area is 157 Å². The molecule has 0 unspecified atom stereocenters. The number of nitrogen functional groups attached to an aromatic ring is 1. The van der Waals surface area contributed by atoms with Crippen LogP contribution in [0.2, 0.25) is 0 Å². The molecule has 0 spiro atoms. The van der Waals surface area contributed by atoms with Gasteiger partial charge >= 0.3 is 5.97 Å². The Morgan fingerprint density at radius 3 is 2.93 bits per heavy atom. The van der Waals surface area contributed by atoms with Gasteiger partial charge in [-0.05, 0) is 31.2 Å². The van der Waals surface area contributed by atoms with E-state index in [4.69, 9.17) is 19.9 Å². The second-order valence-electron chi connectivity index (χ2n) is 5.50. The van der Waals surface area contributed by atoms with E-state index in [2.05, 4.69) is 15.1 Å². The van der Waals surface area contributed by atoms with Crippen LogP contribution < -0.4 is 15.2 Å². The highest BCUT2D eigenvalue weighted by molar-refractivity contribution is 7.20. The van der Waals surface area contributed by atoms with Gasteiger partial charge in [0.15, 0.2) is 11.5 Å². The van der Waals surface area contributed by atoms with Gasteiger partial charge < -0.3 is 25.2 Å². The van der Waals surface area contributed by atoms with Crippen LogP contribution >= 0.6 is 11.3 Å². The Morgan fingerprint density at radius 1 is 1.33 bits per heavy atom. The van der Waals surface area contributed by atoms with Crippen LogP contribution in [0.1, 0.15) is 27.9 Å². The first-order valence-electron chi connectivity index (χ1n) is 7.97. The first-order chi connectivity index (χ1) is 13.1. The molecule has 0 atom stereocenters. The number of carbonyl (C=O) groups excluding carboxylic acids is 1. The number of nitrogens with two attached hydrogens (primary N) is 1. The second-order valence-corrected chi connectivity index (χ2v) is 6.53. The molecule has 3 heterocycles. The lowest BCUT2D eigenvalue weighted by Gasteiger charge is -2.07. The van der Waals surface area contributed by atoms with E-state index in [0.29, 0.717) is 37.9 Å². The standard InChI is InChI=1S/C17H14N4O5S/c1-2-24-16(22)12-6-9-14(19-17(18)20-15(9)27-12)13(21-23)8-3-4-10-11(5-8)26-7-25-10/h3-6,23H,2,7H2,1H3,(H2,18,19,20). The van der Waals surface area contributed by atoms with Crippen LogP contribution in [-0.4, -0.2) is 40.3 Å². The number of nitrogens with zero attached hydrogens (tertiary/aromatic N) is 3.